The van der Waals surface area contributed by atoms with Crippen LogP contribution >= 0.6 is 24.0 Å². The van der Waals surface area contributed by atoms with Gasteiger partial charge >= 0.3 is 6.09 Å². The Balaban J connectivity index is 0.00000341. The highest BCUT2D eigenvalue weighted by molar-refractivity contribution is 14.0. The molecule has 2 aliphatic heterocycles. The highest BCUT2D eigenvalue weighted by Crippen LogP contribution is 2.19. The normalized spacial score (nSPS) is 20.3. The van der Waals surface area contributed by atoms with Gasteiger partial charge in [0.1, 0.15) is 5.60 Å². The summed E-state index contributed by atoms with van der Waals surface area (Å²) in [4.78, 5) is 21.7. The number of amides is 1. The molecule has 31 heavy (non-hydrogen) atoms. The highest BCUT2D eigenvalue weighted by Gasteiger charge is 2.30. The molecule has 0 aromatic heterocycles. The Bertz CT molecular complexity index is 755. The molecule has 0 saturated carbocycles. The molecule has 0 radical (unpaired) electrons. The molecule has 2 aliphatic rings. The SMILES string of the molecule is CN=C(NCC(NC(=O)OC(C)(C)C)c1ccccc1)N1CCC(N2CC=CC2)C1.I. The van der Waals surface area contributed by atoms with Crippen LogP contribution < -0.4 is 10.6 Å². The number of likely N-dealkylation sites (tertiary alicyclic amines) is 1. The van der Waals surface area contributed by atoms with Gasteiger partial charge < -0.3 is 20.3 Å². The summed E-state index contributed by atoms with van der Waals surface area (Å²) in [5.74, 6) is 0.872. The van der Waals surface area contributed by atoms with Gasteiger partial charge in [0.2, 0.25) is 0 Å². The molecule has 0 spiro atoms. The zero-order valence-corrected chi connectivity index (χ0v) is 21.3. The van der Waals surface area contributed by atoms with E-state index < -0.39 is 11.7 Å². The van der Waals surface area contributed by atoms with Crippen molar-refractivity contribution in [2.75, 3.05) is 39.8 Å². The number of carbonyl (C=O) groups excluding carboxylic acids is 1. The van der Waals surface area contributed by atoms with Crippen LogP contribution in [0.5, 0.6) is 0 Å². The zero-order valence-electron chi connectivity index (χ0n) is 19.0. The van der Waals surface area contributed by atoms with Crippen LogP contribution in [0.15, 0.2) is 47.5 Å². The summed E-state index contributed by atoms with van der Waals surface area (Å²) in [6.07, 6.45) is 5.20. The second-order valence-corrected chi connectivity index (χ2v) is 8.85. The Hall–Kier alpha value is -1.81. The summed E-state index contributed by atoms with van der Waals surface area (Å²) in [7, 11) is 1.81. The van der Waals surface area contributed by atoms with E-state index in [0.29, 0.717) is 12.6 Å². The summed E-state index contributed by atoms with van der Waals surface area (Å²) < 4.78 is 5.46. The van der Waals surface area contributed by atoms with Gasteiger partial charge in [-0.3, -0.25) is 9.89 Å². The monoisotopic (exact) mass is 541 g/mol. The Labute approximate surface area is 203 Å². The molecule has 172 valence electrons. The van der Waals surface area contributed by atoms with Crippen molar-refractivity contribution in [2.45, 2.75) is 44.9 Å². The number of aliphatic imine (C=N–C) groups is 1. The minimum absolute atomic E-state index is 0. The molecule has 0 aliphatic carbocycles. The number of hydrogen-bond acceptors (Lipinski definition) is 4. The van der Waals surface area contributed by atoms with Crippen LogP contribution in [-0.4, -0.2) is 73.3 Å². The van der Waals surface area contributed by atoms with Crippen molar-refractivity contribution in [1.29, 1.82) is 0 Å². The lowest BCUT2D eigenvalue weighted by Crippen LogP contribution is -2.46. The maximum absolute atomic E-state index is 12.4. The predicted molar refractivity (Wildman–Crippen MR) is 136 cm³/mol. The van der Waals surface area contributed by atoms with Crippen molar-refractivity contribution in [3.8, 4) is 0 Å². The summed E-state index contributed by atoms with van der Waals surface area (Å²) in [6.45, 7) is 10.2. The van der Waals surface area contributed by atoms with Crippen LogP contribution in [0.1, 0.15) is 38.8 Å². The maximum Gasteiger partial charge on any atom is 0.408 e. The molecule has 2 unspecified atom stereocenters. The molecule has 2 N–H and O–H groups in total. The lowest BCUT2D eigenvalue weighted by Gasteiger charge is -2.28. The van der Waals surface area contributed by atoms with Gasteiger partial charge in [0, 0.05) is 45.8 Å². The van der Waals surface area contributed by atoms with Gasteiger partial charge in [-0.15, -0.1) is 24.0 Å². The first-order chi connectivity index (χ1) is 14.4. The summed E-state index contributed by atoms with van der Waals surface area (Å²) in [5, 5.41) is 6.46. The summed E-state index contributed by atoms with van der Waals surface area (Å²) >= 11 is 0. The van der Waals surface area contributed by atoms with E-state index >= 15 is 0 Å². The summed E-state index contributed by atoms with van der Waals surface area (Å²) in [5.41, 5.74) is 0.484. The molecule has 1 aromatic carbocycles. The first-order valence-electron chi connectivity index (χ1n) is 10.7. The Morgan fingerprint density at radius 2 is 1.90 bits per heavy atom. The van der Waals surface area contributed by atoms with Crippen LogP contribution in [-0.2, 0) is 4.74 Å². The van der Waals surface area contributed by atoms with Crippen LogP contribution in [0.3, 0.4) is 0 Å². The third-order valence-corrected chi connectivity index (χ3v) is 5.39. The molecule has 7 nitrogen and oxygen atoms in total. The fourth-order valence-electron chi connectivity index (χ4n) is 3.94. The van der Waals surface area contributed by atoms with Gasteiger partial charge in [-0.05, 0) is 32.8 Å². The minimum Gasteiger partial charge on any atom is -0.444 e. The smallest absolute Gasteiger partial charge is 0.408 e. The standard InChI is InChI=1S/C23H35N5O2.HI/c1-23(2,3)30-22(29)26-20(18-10-6-5-7-11-18)16-25-21(24-4)28-15-12-19(17-28)27-13-8-9-14-27;/h5-11,19-20H,12-17H2,1-4H3,(H,24,25)(H,26,29);1H. The largest absolute Gasteiger partial charge is 0.444 e. The predicted octanol–water partition coefficient (Wildman–Crippen LogP) is 3.39. The van der Waals surface area contributed by atoms with Crippen molar-refractivity contribution in [2.24, 2.45) is 4.99 Å². The van der Waals surface area contributed by atoms with Crippen molar-refractivity contribution in [3.63, 3.8) is 0 Å². The second kappa shape index (κ2) is 11.7. The number of benzene rings is 1. The number of nitrogens with one attached hydrogen (secondary N) is 2. The third kappa shape index (κ3) is 7.68. The molecule has 0 bridgehead atoms. The van der Waals surface area contributed by atoms with E-state index in [1.807, 2.05) is 58.2 Å². The van der Waals surface area contributed by atoms with Crippen LogP contribution in [0, 0.1) is 0 Å². The topological polar surface area (TPSA) is 69.2 Å². The first-order valence-corrected chi connectivity index (χ1v) is 10.7. The molecule has 1 saturated heterocycles. The molecule has 3 rings (SSSR count). The third-order valence-electron chi connectivity index (χ3n) is 5.39. The van der Waals surface area contributed by atoms with E-state index in [4.69, 9.17) is 4.74 Å². The Morgan fingerprint density at radius 3 is 2.52 bits per heavy atom. The molecular weight excluding hydrogens is 505 g/mol. The van der Waals surface area contributed by atoms with Gasteiger partial charge in [0.15, 0.2) is 5.96 Å². The van der Waals surface area contributed by atoms with Crippen LogP contribution in [0.4, 0.5) is 4.79 Å². The molecule has 2 atom stereocenters. The van der Waals surface area contributed by atoms with Crippen molar-refractivity contribution in [3.05, 3.63) is 48.0 Å². The fraction of sp³-hybridized carbons (Fsp3) is 0.565. The Morgan fingerprint density at radius 1 is 1.23 bits per heavy atom. The average Bonchev–Trinajstić information content (AvgIpc) is 3.39. The quantitative estimate of drug-likeness (QED) is 0.259. The van der Waals surface area contributed by atoms with Gasteiger partial charge in [-0.2, -0.15) is 0 Å². The number of hydrogen-bond donors (Lipinski definition) is 2. The van der Waals surface area contributed by atoms with E-state index in [9.17, 15) is 4.79 Å². The van der Waals surface area contributed by atoms with Crippen molar-refractivity contribution < 1.29 is 9.53 Å². The minimum atomic E-state index is -0.538. The number of halogens is 1. The van der Waals surface area contributed by atoms with E-state index in [2.05, 4.69) is 37.6 Å². The lowest BCUT2D eigenvalue weighted by molar-refractivity contribution is 0.0504. The van der Waals surface area contributed by atoms with Gasteiger partial charge in [0.05, 0.1) is 6.04 Å². The zero-order chi connectivity index (χ0) is 21.6. The molecule has 1 aromatic rings. The van der Waals surface area contributed by atoms with E-state index in [1.165, 1.54) is 0 Å². The average molecular weight is 541 g/mol. The van der Waals surface area contributed by atoms with Gasteiger partial charge in [-0.25, -0.2) is 4.79 Å². The maximum atomic E-state index is 12.4. The first kappa shape index (κ1) is 25.5. The lowest BCUT2D eigenvalue weighted by atomic mass is 10.1. The molecule has 1 fully saturated rings. The molecule has 8 heteroatoms. The molecular formula is C23H36IN5O2. The molecule has 1 amide bonds. The molecule has 2 heterocycles. The van der Waals surface area contributed by atoms with E-state index in [-0.39, 0.29) is 30.0 Å². The van der Waals surface area contributed by atoms with Crippen LogP contribution in [0.25, 0.3) is 0 Å². The van der Waals surface area contributed by atoms with E-state index in [1.54, 1.807) is 0 Å². The number of nitrogens with zero attached hydrogens (tertiary/aromatic N) is 3. The number of rotatable bonds is 5. The van der Waals surface area contributed by atoms with Crippen molar-refractivity contribution >= 4 is 36.0 Å². The fourth-order valence-corrected chi connectivity index (χ4v) is 3.94. The van der Waals surface area contributed by atoms with Gasteiger partial charge in [-0.1, -0.05) is 42.5 Å². The highest BCUT2D eigenvalue weighted by atomic mass is 127. The van der Waals surface area contributed by atoms with E-state index in [0.717, 1.165) is 44.1 Å². The van der Waals surface area contributed by atoms with Crippen molar-refractivity contribution in [1.82, 2.24) is 20.4 Å². The number of carbonyl (C=O) groups is 1. The number of ether oxygens (including phenoxy) is 1. The summed E-state index contributed by atoms with van der Waals surface area (Å²) in [6, 6.07) is 10.3. The Kier molecular flexibility index (Phi) is 9.61. The second-order valence-electron chi connectivity index (χ2n) is 8.85. The van der Waals surface area contributed by atoms with Crippen LogP contribution in [0.2, 0.25) is 0 Å². The van der Waals surface area contributed by atoms with Gasteiger partial charge in [0.25, 0.3) is 0 Å². The number of guanidine groups is 1. The number of alkyl carbamates (subject to hydrolysis) is 1.